The van der Waals surface area contributed by atoms with Crippen molar-refractivity contribution in [1.82, 2.24) is 0 Å². The zero-order chi connectivity index (χ0) is 18.7. The number of hydrogen-bond acceptors (Lipinski definition) is 4. The number of carbonyl (C=O) groups excluding carboxylic acids is 2. The fourth-order valence-corrected chi connectivity index (χ4v) is 5.48. The summed E-state index contributed by atoms with van der Waals surface area (Å²) in [7, 11) is 0. The lowest BCUT2D eigenvalue weighted by Gasteiger charge is -2.23. The fourth-order valence-electron chi connectivity index (χ4n) is 5.48. The number of rotatable bonds is 2. The summed E-state index contributed by atoms with van der Waals surface area (Å²) < 4.78 is 0. The third-order valence-corrected chi connectivity index (χ3v) is 6.60. The molecule has 3 aliphatic carbocycles. The number of carbonyl (C=O) groups is 2. The van der Waals surface area contributed by atoms with Crippen LogP contribution >= 0.6 is 0 Å². The molecule has 0 radical (unpaired) electrons. The number of fused-ring (bicyclic) bond motifs is 5. The molecular formula is C21H20N2O4. The van der Waals surface area contributed by atoms with Gasteiger partial charge in [-0.15, -0.1) is 0 Å². The highest BCUT2D eigenvalue weighted by Crippen LogP contribution is 2.58. The van der Waals surface area contributed by atoms with E-state index < -0.39 is 4.92 Å². The molecule has 1 aromatic rings. The summed E-state index contributed by atoms with van der Waals surface area (Å²) in [6.45, 7) is 0. The molecule has 1 aliphatic heterocycles. The van der Waals surface area contributed by atoms with Gasteiger partial charge in [0.05, 0.1) is 22.4 Å². The van der Waals surface area contributed by atoms with E-state index in [0.717, 1.165) is 12.8 Å². The lowest BCUT2D eigenvalue weighted by atomic mass is 9.85. The number of benzene rings is 1. The maximum absolute atomic E-state index is 13.1. The third kappa shape index (κ3) is 2.25. The number of amides is 2. The minimum Gasteiger partial charge on any atom is -0.274 e. The molecule has 0 N–H and O–H groups in total. The van der Waals surface area contributed by atoms with Crippen LogP contribution in [0.3, 0.4) is 0 Å². The molecule has 1 saturated heterocycles. The van der Waals surface area contributed by atoms with Crippen molar-refractivity contribution in [2.75, 3.05) is 4.90 Å². The molecule has 27 heavy (non-hydrogen) atoms. The number of hydrogen-bond donors (Lipinski definition) is 0. The monoisotopic (exact) mass is 364 g/mol. The summed E-state index contributed by atoms with van der Waals surface area (Å²) in [5.41, 5.74) is 3.19. The van der Waals surface area contributed by atoms with Gasteiger partial charge in [0.2, 0.25) is 11.8 Å². The summed E-state index contributed by atoms with van der Waals surface area (Å²) in [5, 5.41) is 10.8. The van der Waals surface area contributed by atoms with Crippen molar-refractivity contribution in [3.8, 4) is 0 Å². The number of nitro benzene ring substituents is 1. The van der Waals surface area contributed by atoms with E-state index >= 15 is 0 Å². The molecule has 2 saturated carbocycles. The summed E-state index contributed by atoms with van der Waals surface area (Å²) in [5.74, 6) is -0.853. The van der Waals surface area contributed by atoms with Crippen LogP contribution in [0.5, 0.6) is 0 Å². The van der Waals surface area contributed by atoms with Gasteiger partial charge >= 0.3 is 0 Å². The van der Waals surface area contributed by atoms with E-state index in [2.05, 4.69) is 12.2 Å². The van der Waals surface area contributed by atoms with Crippen LogP contribution in [-0.2, 0) is 9.59 Å². The largest absolute Gasteiger partial charge is 0.274 e. The van der Waals surface area contributed by atoms with Crippen molar-refractivity contribution in [3.05, 3.63) is 57.7 Å². The first-order valence-corrected chi connectivity index (χ1v) is 9.60. The number of anilines is 1. The van der Waals surface area contributed by atoms with Gasteiger partial charge < -0.3 is 0 Å². The van der Waals surface area contributed by atoms with Gasteiger partial charge in [-0.2, -0.15) is 0 Å². The zero-order valence-electron chi connectivity index (χ0n) is 14.8. The van der Waals surface area contributed by atoms with Crippen LogP contribution in [0.2, 0.25) is 0 Å². The standard InChI is InChI=1S/C21H20N2O4/c24-20-18-15-10-11-16(17(15)12-4-2-1-3-5-12)19(18)21(25)22(20)13-6-8-14(9-7-13)23(26)27/h6-11,15-16,18-19H,1-5H2/t15-,16-,18+,19+/m0/s1. The molecule has 1 aromatic carbocycles. The van der Waals surface area contributed by atoms with E-state index in [0.29, 0.717) is 5.69 Å². The third-order valence-electron chi connectivity index (χ3n) is 6.60. The minimum absolute atomic E-state index is 0.0487. The van der Waals surface area contributed by atoms with Crippen molar-refractivity contribution >= 4 is 23.2 Å². The predicted octanol–water partition coefficient (Wildman–Crippen LogP) is 3.78. The topological polar surface area (TPSA) is 80.5 Å². The van der Waals surface area contributed by atoms with E-state index in [-0.39, 0.29) is 41.2 Å². The molecule has 0 spiro atoms. The average Bonchev–Trinajstić information content (AvgIpc) is 3.32. The van der Waals surface area contributed by atoms with Gasteiger partial charge in [-0.05, 0) is 37.8 Å². The molecule has 3 fully saturated rings. The van der Waals surface area contributed by atoms with Gasteiger partial charge in [-0.25, -0.2) is 4.90 Å². The molecule has 6 heteroatoms. The Morgan fingerprint density at radius 2 is 1.44 bits per heavy atom. The number of nitro groups is 1. The summed E-state index contributed by atoms with van der Waals surface area (Å²) >= 11 is 0. The smallest absolute Gasteiger partial charge is 0.269 e. The highest BCUT2D eigenvalue weighted by atomic mass is 16.6. The molecule has 4 atom stereocenters. The molecule has 2 amide bonds. The van der Waals surface area contributed by atoms with E-state index in [1.807, 2.05) is 0 Å². The molecule has 1 heterocycles. The highest BCUT2D eigenvalue weighted by Gasteiger charge is 2.62. The second kappa shape index (κ2) is 5.87. The number of non-ortho nitro benzene ring substituents is 1. The van der Waals surface area contributed by atoms with Crippen molar-refractivity contribution in [2.24, 2.45) is 23.7 Å². The molecule has 2 bridgehead atoms. The highest BCUT2D eigenvalue weighted by molar-refractivity contribution is 6.23. The van der Waals surface area contributed by atoms with E-state index in [4.69, 9.17) is 0 Å². The Bertz CT molecular complexity index is 873. The Balaban J connectivity index is 1.48. The molecule has 138 valence electrons. The molecule has 0 aromatic heterocycles. The minimum atomic E-state index is -0.487. The van der Waals surface area contributed by atoms with Gasteiger partial charge in [-0.1, -0.05) is 29.7 Å². The summed E-state index contributed by atoms with van der Waals surface area (Å²) in [4.78, 5) is 37.9. The van der Waals surface area contributed by atoms with E-state index in [1.54, 1.807) is 0 Å². The van der Waals surface area contributed by atoms with Crippen molar-refractivity contribution < 1.29 is 14.5 Å². The zero-order valence-corrected chi connectivity index (χ0v) is 14.8. The Morgan fingerprint density at radius 1 is 0.889 bits per heavy atom. The predicted molar refractivity (Wildman–Crippen MR) is 98.8 cm³/mol. The van der Waals surface area contributed by atoms with Gasteiger partial charge in [0.1, 0.15) is 0 Å². The molecule has 6 nitrogen and oxygen atoms in total. The van der Waals surface area contributed by atoms with Crippen LogP contribution in [0, 0.1) is 33.8 Å². The van der Waals surface area contributed by atoms with Crippen molar-refractivity contribution in [3.63, 3.8) is 0 Å². The van der Waals surface area contributed by atoms with Crippen LogP contribution in [0.15, 0.2) is 47.6 Å². The van der Waals surface area contributed by atoms with Crippen LogP contribution in [0.1, 0.15) is 32.1 Å². The van der Waals surface area contributed by atoms with Crippen molar-refractivity contribution in [1.29, 1.82) is 0 Å². The number of allylic oxidation sites excluding steroid dienone is 4. The first-order valence-electron chi connectivity index (χ1n) is 9.60. The van der Waals surface area contributed by atoms with Crippen LogP contribution in [-0.4, -0.2) is 16.7 Å². The Kier molecular flexibility index (Phi) is 3.57. The Labute approximate surface area is 156 Å². The quantitative estimate of drug-likeness (QED) is 0.346. The summed E-state index contributed by atoms with van der Waals surface area (Å²) in [6.07, 6.45) is 10.1. The van der Waals surface area contributed by atoms with Crippen LogP contribution < -0.4 is 4.90 Å². The molecule has 4 aliphatic rings. The maximum Gasteiger partial charge on any atom is 0.269 e. The SMILES string of the molecule is O=C1[C@H]2[C@H](C(=O)N1c1ccc([N+](=O)[O-])cc1)[C@H]1C=C[C@H]2C1=C1CCCCC1. The maximum atomic E-state index is 13.1. The number of imide groups is 1. The average molecular weight is 364 g/mol. The molecule has 5 rings (SSSR count). The lowest BCUT2D eigenvalue weighted by Crippen LogP contribution is -2.33. The fraction of sp³-hybridized carbons (Fsp3) is 0.429. The lowest BCUT2D eigenvalue weighted by molar-refractivity contribution is -0.384. The van der Waals surface area contributed by atoms with Crippen LogP contribution in [0.25, 0.3) is 0 Å². The summed E-state index contributed by atoms with van der Waals surface area (Å²) in [6, 6.07) is 5.66. The molecular weight excluding hydrogens is 344 g/mol. The molecule has 0 unspecified atom stereocenters. The number of nitrogens with zero attached hydrogens (tertiary/aromatic N) is 2. The first-order chi connectivity index (χ1) is 13.1. The van der Waals surface area contributed by atoms with Gasteiger partial charge in [0, 0.05) is 24.0 Å². The van der Waals surface area contributed by atoms with Crippen molar-refractivity contribution in [2.45, 2.75) is 32.1 Å². The second-order valence-electron chi connectivity index (χ2n) is 7.89. The second-order valence-corrected chi connectivity index (χ2v) is 7.89. The van der Waals surface area contributed by atoms with Gasteiger partial charge in [-0.3, -0.25) is 19.7 Å². The Hall–Kier alpha value is -2.76. The van der Waals surface area contributed by atoms with Gasteiger partial charge in [0.15, 0.2) is 0 Å². The van der Waals surface area contributed by atoms with E-state index in [1.165, 1.54) is 59.6 Å². The first kappa shape index (κ1) is 16.4. The van der Waals surface area contributed by atoms with Gasteiger partial charge in [0.25, 0.3) is 5.69 Å². The normalized spacial score (nSPS) is 31.8. The van der Waals surface area contributed by atoms with Crippen LogP contribution in [0.4, 0.5) is 11.4 Å². The Morgan fingerprint density at radius 3 is 1.96 bits per heavy atom. The van der Waals surface area contributed by atoms with E-state index in [9.17, 15) is 19.7 Å².